The number of hydrogen-bond donors (Lipinski definition) is 1. The lowest BCUT2D eigenvalue weighted by atomic mass is 9.93. The molecule has 1 aromatic rings. The third-order valence-electron chi connectivity index (χ3n) is 4.71. The smallest absolute Gasteiger partial charge is 0.130 e. The fraction of sp³-hybridized carbons (Fsp3) is 0.667. The van der Waals surface area contributed by atoms with E-state index < -0.39 is 0 Å². The normalized spacial score (nSPS) is 16.3. The van der Waals surface area contributed by atoms with Gasteiger partial charge in [-0.1, -0.05) is 0 Å². The lowest BCUT2D eigenvalue weighted by molar-refractivity contribution is 0.169. The number of benzene rings is 1. The zero-order valence-corrected chi connectivity index (χ0v) is 14.9. The van der Waals surface area contributed by atoms with Crippen LogP contribution >= 0.6 is 0 Å². The minimum Gasteiger partial charge on any atom is -0.496 e. The molecule has 0 aromatic heterocycles. The SMILES string of the molecule is CNCCC1CCN(Cc2c(OC)cc(OC)cc2OC)CC1. The fourth-order valence-electron chi connectivity index (χ4n) is 3.24. The summed E-state index contributed by atoms with van der Waals surface area (Å²) in [5.74, 6) is 3.27. The molecule has 1 aromatic carbocycles. The van der Waals surface area contributed by atoms with Crippen molar-refractivity contribution in [2.24, 2.45) is 5.92 Å². The fourth-order valence-corrected chi connectivity index (χ4v) is 3.24. The molecule has 0 radical (unpaired) electrons. The molecule has 0 bridgehead atoms. The Morgan fingerprint density at radius 3 is 2.13 bits per heavy atom. The molecule has 23 heavy (non-hydrogen) atoms. The zero-order chi connectivity index (χ0) is 16.7. The molecule has 1 aliphatic rings. The summed E-state index contributed by atoms with van der Waals surface area (Å²) in [7, 11) is 7.07. The highest BCUT2D eigenvalue weighted by molar-refractivity contribution is 5.50. The van der Waals surface area contributed by atoms with Gasteiger partial charge >= 0.3 is 0 Å². The van der Waals surface area contributed by atoms with Crippen molar-refractivity contribution in [1.29, 1.82) is 0 Å². The maximum atomic E-state index is 5.55. The average molecular weight is 322 g/mol. The van der Waals surface area contributed by atoms with Crippen LogP contribution in [-0.2, 0) is 6.54 Å². The molecule has 0 amide bonds. The minimum absolute atomic E-state index is 0.758. The van der Waals surface area contributed by atoms with Crippen LogP contribution < -0.4 is 19.5 Å². The van der Waals surface area contributed by atoms with Crippen molar-refractivity contribution in [2.45, 2.75) is 25.8 Å². The van der Waals surface area contributed by atoms with Crippen LogP contribution in [0.2, 0.25) is 0 Å². The highest BCUT2D eigenvalue weighted by Gasteiger charge is 2.22. The van der Waals surface area contributed by atoms with Gasteiger partial charge in [0.15, 0.2) is 0 Å². The van der Waals surface area contributed by atoms with Gasteiger partial charge in [-0.2, -0.15) is 0 Å². The van der Waals surface area contributed by atoms with Gasteiger partial charge in [0.1, 0.15) is 17.2 Å². The number of nitrogens with one attached hydrogen (secondary N) is 1. The number of nitrogens with zero attached hydrogens (tertiary/aromatic N) is 1. The van der Waals surface area contributed by atoms with Crippen LogP contribution in [0, 0.1) is 5.92 Å². The first kappa shape index (κ1) is 17.9. The third-order valence-corrected chi connectivity index (χ3v) is 4.71. The van der Waals surface area contributed by atoms with Crippen LogP contribution in [0.4, 0.5) is 0 Å². The molecule has 0 spiro atoms. The van der Waals surface area contributed by atoms with Crippen molar-refractivity contribution in [3.63, 3.8) is 0 Å². The van der Waals surface area contributed by atoms with Crippen molar-refractivity contribution in [3.8, 4) is 17.2 Å². The standard InChI is InChI=1S/C18H30N2O3/c1-19-8-5-14-6-9-20(10-7-14)13-16-17(22-3)11-15(21-2)12-18(16)23-4/h11-12,14,19H,5-10,13H2,1-4H3. The van der Waals surface area contributed by atoms with E-state index in [-0.39, 0.29) is 0 Å². The molecule has 0 atom stereocenters. The highest BCUT2D eigenvalue weighted by atomic mass is 16.5. The molecule has 0 unspecified atom stereocenters. The Bertz CT molecular complexity index is 460. The number of methoxy groups -OCH3 is 3. The van der Waals surface area contributed by atoms with E-state index in [9.17, 15) is 0 Å². The number of hydrogen-bond acceptors (Lipinski definition) is 5. The number of piperidine rings is 1. The van der Waals surface area contributed by atoms with Gasteiger partial charge in [0.05, 0.1) is 26.9 Å². The van der Waals surface area contributed by atoms with E-state index in [0.717, 1.165) is 54.9 Å². The van der Waals surface area contributed by atoms with Crippen molar-refractivity contribution in [1.82, 2.24) is 10.2 Å². The summed E-state index contributed by atoms with van der Waals surface area (Å²) in [5, 5.41) is 3.25. The van der Waals surface area contributed by atoms with Gasteiger partial charge in [0, 0.05) is 18.7 Å². The number of rotatable bonds is 8. The average Bonchev–Trinajstić information content (AvgIpc) is 2.61. The first-order valence-electron chi connectivity index (χ1n) is 8.37. The molecule has 1 fully saturated rings. The largest absolute Gasteiger partial charge is 0.496 e. The van der Waals surface area contributed by atoms with E-state index in [1.165, 1.54) is 19.3 Å². The van der Waals surface area contributed by atoms with Crippen molar-refractivity contribution in [3.05, 3.63) is 17.7 Å². The highest BCUT2D eigenvalue weighted by Crippen LogP contribution is 2.35. The molecule has 0 aliphatic carbocycles. The molecule has 2 rings (SSSR count). The first-order chi connectivity index (χ1) is 11.2. The Morgan fingerprint density at radius 1 is 1.04 bits per heavy atom. The molecular formula is C18H30N2O3. The van der Waals surface area contributed by atoms with Crippen LogP contribution in [0.25, 0.3) is 0 Å². The lowest BCUT2D eigenvalue weighted by Gasteiger charge is -2.32. The van der Waals surface area contributed by atoms with E-state index in [2.05, 4.69) is 10.2 Å². The Labute approximate surface area is 139 Å². The molecule has 0 saturated carbocycles. The first-order valence-corrected chi connectivity index (χ1v) is 8.37. The van der Waals surface area contributed by atoms with Gasteiger partial charge in [-0.3, -0.25) is 4.90 Å². The molecule has 5 nitrogen and oxygen atoms in total. The monoisotopic (exact) mass is 322 g/mol. The number of ether oxygens (including phenoxy) is 3. The molecule has 5 heteroatoms. The topological polar surface area (TPSA) is 43.0 Å². The van der Waals surface area contributed by atoms with Crippen molar-refractivity contribution >= 4 is 0 Å². The molecular weight excluding hydrogens is 292 g/mol. The Morgan fingerprint density at radius 2 is 1.65 bits per heavy atom. The summed E-state index contributed by atoms with van der Waals surface area (Å²) in [6, 6.07) is 3.86. The quantitative estimate of drug-likeness (QED) is 0.797. The lowest BCUT2D eigenvalue weighted by Crippen LogP contribution is -2.34. The second-order valence-electron chi connectivity index (χ2n) is 6.12. The predicted octanol–water partition coefficient (Wildman–Crippen LogP) is 2.53. The van der Waals surface area contributed by atoms with Crippen molar-refractivity contribution < 1.29 is 14.2 Å². The van der Waals surface area contributed by atoms with Gasteiger partial charge < -0.3 is 19.5 Å². The Hall–Kier alpha value is -1.46. The van der Waals surface area contributed by atoms with Gasteiger partial charge in [-0.05, 0) is 51.9 Å². The van der Waals surface area contributed by atoms with Crippen LogP contribution in [0.1, 0.15) is 24.8 Å². The van der Waals surface area contributed by atoms with Crippen molar-refractivity contribution in [2.75, 3.05) is 48.0 Å². The second-order valence-corrected chi connectivity index (χ2v) is 6.12. The van der Waals surface area contributed by atoms with Gasteiger partial charge in [0.2, 0.25) is 0 Å². The van der Waals surface area contributed by atoms with Gasteiger partial charge in [-0.25, -0.2) is 0 Å². The van der Waals surface area contributed by atoms with Crippen LogP contribution in [0.5, 0.6) is 17.2 Å². The summed E-state index contributed by atoms with van der Waals surface area (Å²) in [4.78, 5) is 2.49. The summed E-state index contributed by atoms with van der Waals surface area (Å²) < 4.78 is 16.4. The van der Waals surface area contributed by atoms with E-state index in [0.29, 0.717) is 0 Å². The number of likely N-dealkylation sites (tertiary alicyclic amines) is 1. The van der Waals surface area contributed by atoms with Crippen LogP contribution in [0.15, 0.2) is 12.1 Å². The molecule has 1 N–H and O–H groups in total. The van der Waals surface area contributed by atoms with Crippen LogP contribution in [0.3, 0.4) is 0 Å². The zero-order valence-electron chi connectivity index (χ0n) is 14.9. The van der Waals surface area contributed by atoms with Gasteiger partial charge in [0.25, 0.3) is 0 Å². The summed E-state index contributed by atoms with van der Waals surface area (Å²) >= 11 is 0. The summed E-state index contributed by atoms with van der Waals surface area (Å²) in [5.41, 5.74) is 1.10. The van der Waals surface area contributed by atoms with Gasteiger partial charge in [-0.15, -0.1) is 0 Å². The Kier molecular flexibility index (Phi) is 6.99. The Balaban J connectivity index is 2.03. The summed E-state index contributed by atoms with van der Waals surface area (Å²) in [6.45, 7) is 4.24. The molecule has 130 valence electrons. The minimum atomic E-state index is 0.758. The summed E-state index contributed by atoms with van der Waals surface area (Å²) in [6.07, 6.45) is 3.81. The molecule has 1 saturated heterocycles. The van der Waals surface area contributed by atoms with E-state index in [1.54, 1.807) is 21.3 Å². The predicted molar refractivity (Wildman–Crippen MR) is 92.6 cm³/mol. The molecule has 1 aliphatic heterocycles. The van der Waals surface area contributed by atoms with Crippen LogP contribution in [-0.4, -0.2) is 52.9 Å². The molecule has 1 heterocycles. The second kappa shape index (κ2) is 8.99. The third kappa shape index (κ3) is 4.75. The van der Waals surface area contributed by atoms with E-state index in [1.807, 2.05) is 19.2 Å². The van der Waals surface area contributed by atoms with E-state index >= 15 is 0 Å². The maximum absolute atomic E-state index is 5.55. The maximum Gasteiger partial charge on any atom is 0.130 e. The van der Waals surface area contributed by atoms with E-state index in [4.69, 9.17) is 14.2 Å².